The summed E-state index contributed by atoms with van der Waals surface area (Å²) >= 11 is 0. The lowest BCUT2D eigenvalue weighted by molar-refractivity contribution is -0.435. The largest absolute Gasteiger partial charge is 0.594 e. The molecule has 0 heterocycles. The van der Waals surface area contributed by atoms with Gasteiger partial charge < -0.3 is 5.21 Å². The lowest BCUT2D eigenvalue weighted by atomic mass is 10.0. The molecule has 0 radical (unpaired) electrons. The summed E-state index contributed by atoms with van der Waals surface area (Å²) in [6.07, 6.45) is 23.6. The molecule has 2 rings (SSSR count). The van der Waals surface area contributed by atoms with E-state index in [1.165, 1.54) is 114 Å². The summed E-state index contributed by atoms with van der Waals surface area (Å²) in [6, 6.07) is 16.1. The van der Waals surface area contributed by atoms with E-state index >= 15 is 0 Å². The van der Waals surface area contributed by atoms with Crippen LogP contribution < -0.4 is 0 Å². The molecule has 0 aliphatic heterocycles. The number of azo groups is 1. The zero-order valence-corrected chi connectivity index (χ0v) is 22.6. The van der Waals surface area contributed by atoms with Gasteiger partial charge in [-0.15, -0.1) is 0 Å². The van der Waals surface area contributed by atoms with Crippen LogP contribution in [0.5, 0.6) is 0 Å². The molecule has 2 aromatic rings. The maximum Gasteiger partial charge on any atom is 0.244 e. The van der Waals surface area contributed by atoms with Gasteiger partial charge in [0.2, 0.25) is 5.69 Å². The van der Waals surface area contributed by atoms with Crippen molar-refractivity contribution in [1.82, 2.24) is 0 Å². The van der Waals surface area contributed by atoms with E-state index in [0.717, 1.165) is 17.7 Å². The molecule has 35 heavy (non-hydrogen) atoms. The first-order valence-electron chi connectivity index (χ1n) is 14.6. The Labute approximate surface area is 215 Å². The molecule has 0 fully saturated rings. The maximum atomic E-state index is 12.5. The minimum atomic E-state index is 0.590. The van der Waals surface area contributed by atoms with E-state index < -0.39 is 0 Å². The van der Waals surface area contributed by atoms with Gasteiger partial charge in [-0.1, -0.05) is 133 Å². The third-order valence-corrected chi connectivity index (χ3v) is 6.94. The Morgan fingerprint density at radius 2 is 0.886 bits per heavy atom. The standard InChI is InChI=1S/C32H50N2O/c1-3-5-7-9-11-13-15-17-19-29-21-25-31(26-22-29)33-34(35)32-27-23-30(24-28-32)20-18-16-14-12-10-8-6-4-2/h21-28H,3-20H2,1-2H3. The fraction of sp³-hybridized carbons (Fsp3) is 0.625. The van der Waals surface area contributed by atoms with Crippen LogP contribution in [0.25, 0.3) is 0 Å². The van der Waals surface area contributed by atoms with E-state index in [9.17, 15) is 5.21 Å². The Balaban J connectivity index is 1.66. The highest BCUT2D eigenvalue weighted by atomic mass is 16.5. The summed E-state index contributed by atoms with van der Waals surface area (Å²) in [7, 11) is 0. The highest BCUT2D eigenvalue weighted by Crippen LogP contribution is 2.21. The Morgan fingerprint density at radius 3 is 1.31 bits per heavy atom. The van der Waals surface area contributed by atoms with E-state index in [1.807, 2.05) is 24.3 Å². The molecule has 0 amide bonds. The smallest absolute Gasteiger partial charge is 0.244 e. The van der Waals surface area contributed by atoms with Gasteiger partial charge in [0.05, 0.1) is 0 Å². The van der Waals surface area contributed by atoms with Crippen molar-refractivity contribution < 1.29 is 4.86 Å². The Bertz CT molecular complexity index is 795. The summed E-state index contributed by atoms with van der Waals surface area (Å²) in [5.41, 5.74) is 3.94. The average Bonchev–Trinajstić information content (AvgIpc) is 2.88. The highest BCUT2D eigenvalue weighted by molar-refractivity contribution is 5.38. The minimum absolute atomic E-state index is 0.590. The fourth-order valence-corrected chi connectivity index (χ4v) is 4.61. The van der Waals surface area contributed by atoms with Gasteiger partial charge in [-0.05, 0) is 48.9 Å². The first-order valence-corrected chi connectivity index (χ1v) is 14.6. The second-order valence-electron chi connectivity index (χ2n) is 10.2. The van der Waals surface area contributed by atoms with Crippen molar-refractivity contribution in [1.29, 1.82) is 0 Å². The lowest BCUT2D eigenvalue weighted by Crippen LogP contribution is -1.92. The van der Waals surface area contributed by atoms with Crippen molar-refractivity contribution in [2.75, 3.05) is 0 Å². The van der Waals surface area contributed by atoms with Crippen LogP contribution in [0, 0.1) is 5.21 Å². The van der Waals surface area contributed by atoms with Gasteiger partial charge in [-0.25, -0.2) is 0 Å². The number of nitrogens with zero attached hydrogens (tertiary/aromatic N) is 2. The number of aryl methyl sites for hydroxylation is 2. The molecular formula is C32H50N2O. The van der Waals surface area contributed by atoms with Crippen LogP contribution in [-0.4, -0.2) is 4.86 Å². The molecule has 0 atom stereocenters. The quantitative estimate of drug-likeness (QED) is 0.0806. The van der Waals surface area contributed by atoms with E-state index in [1.54, 1.807) is 0 Å². The number of rotatable bonds is 20. The second kappa shape index (κ2) is 19.1. The number of benzene rings is 2. The maximum absolute atomic E-state index is 12.5. The molecule has 3 nitrogen and oxygen atoms in total. The summed E-state index contributed by atoms with van der Waals surface area (Å²) in [4.78, 5) is 0.744. The molecule has 0 unspecified atom stereocenters. The molecule has 0 saturated heterocycles. The van der Waals surface area contributed by atoms with Crippen molar-refractivity contribution in [2.45, 2.75) is 129 Å². The Morgan fingerprint density at radius 1 is 0.514 bits per heavy atom. The monoisotopic (exact) mass is 478 g/mol. The van der Waals surface area contributed by atoms with Gasteiger partial charge in [-0.2, -0.15) is 0 Å². The lowest BCUT2D eigenvalue weighted by Gasteiger charge is -2.05. The van der Waals surface area contributed by atoms with Crippen molar-refractivity contribution in [3.05, 3.63) is 64.9 Å². The average molecular weight is 479 g/mol. The van der Waals surface area contributed by atoms with Crippen molar-refractivity contribution in [3.8, 4) is 0 Å². The highest BCUT2D eigenvalue weighted by Gasteiger charge is 2.05. The molecule has 3 heteroatoms. The summed E-state index contributed by atoms with van der Waals surface area (Å²) in [5.74, 6) is 0. The number of unbranched alkanes of at least 4 members (excludes halogenated alkanes) is 14. The summed E-state index contributed by atoms with van der Waals surface area (Å²) in [6.45, 7) is 4.53. The third kappa shape index (κ3) is 13.5. The minimum Gasteiger partial charge on any atom is -0.594 e. The third-order valence-electron chi connectivity index (χ3n) is 6.94. The Hall–Kier alpha value is -2.16. The predicted octanol–water partition coefficient (Wildman–Crippen LogP) is 11.0. The van der Waals surface area contributed by atoms with Crippen LogP contribution >= 0.6 is 0 Å². The molecule has 0 aliphatic carbocycles. The normalized spacial score (nSPS) is 11.8. The van der Waals surface area contributed by atoms with Crippen LogP contribution in [0.15, 0.2) is 53.6 Å². The fourth-order valence-electron chi connectivity index (χ4n) is 4.61. The van der Waals surface area contributed by atoms with Gasteiger partial charge in [0.1, 0.15) is 5.69 Å². The first kappa shape index (κ1) is 29.1. The first-order chi connectivity index (χ1) is 17.2. The van der Waals surface area contributed by atoms with Gasteiger partial charge >= 0.3 is 0 Å². The van der Waals surface area contributed by atoms with Gasteiger partial charge in [0.25, 0.3) is 0 Å². The molecule has 0 N–H and O–H groups in total. The molecule has 0 aromatic heterocycles. The van der Waals surface area contributed by atoms with E-state index in [2.05, 4.69) is 43.2 Å². The molecule has 0 saturated carbocycles. The summed E-state index contributed by atoms with van der Waals surface area (Å²) in [5, 5.41) is 16.7. The van der Waals surface area contributed by atoms with Crippen LogP contribution in [0.4, 0.5) is 11.4 Å². The van der Waals surface area contributed by atoms with Crippen LogP contribution in [0.2, 0.25) is 0 Å². The van der Waals surface area contributed by atoms with E-state index in [-0.39, 0.29) is 0 Å². The Kier molecular flexibility index (Phi) is 15.8. The van der Waals surface area contributed by atoms with Crippen LogP contribution in [-0.2, 0) is 12.8 Å². The molecule has 194 valence electrons. The molecule has 0 spiro atoms. The second-order valence-corrected chi connectivity index (χ2v) is 10.2. The zero-order chi connectivity index (χ0) is 25.0. The van der Waals surface area contributed by atoms with Crippen LogP contribution in [0.1, 0.15) is 128 Å². The predicted molar refractivity (Wildman–Crippen MR) is 151 cm³/mol. The topological polar surface area (TPSA) is 38.4 Å². The molecule has 0 bridgehead atoms. The number of hydrogen-bond donors (Lipinski definition) is 0. The molecular weight excluding hydrogens is 428 g/mol. The van der Waals surface area contributed by atoms with E-state index in [0.29, 0.717) is 11.4 Å². The van der Waals surface area contributed by atoms with Gasteiger partial charge in [-0.3, -0.25) is 0 Å². The zero-order valence-electron chi connectivity index (χ0n) is 22.6. The van der Waals surface area contributed by atoms with Crippen LogP contribution in [0.3, 0.4) is 0 Å². The van der Waals surface area contributed by atoms with Gasteiger partial charge in [0, 0.05) is 17.2 Å². The van der Waals surface area contributed by atoms with Gasteiger partial charge in [0.15, 0.2) is 0 Å². The SMILES string of the molecule is CCCCCCCCCCc1ccc(N=[N+]([O-])c2ccc(CCCCCCCCCC)cc2)cc1. The number of hydrogen-bond acceptors (Lipinski definition) is 2. The van der Waals surface area contributed by atoms with Crippen molar-refractivity contribution in [3.63, 3.8) is 0 Å². The molecule has 2 aromatic carbocycles. The summed E-state index contributed by atoms with van der Waals surface area (Å²) < 4.78 is 0. The molecule has 0 aliphatic rings. The van der Waals surface area contributed by atoms with Crippen molar-refractivity contribution >= 4 is 11.4 Å². The van der Waals surface area contributed by atoms with Crippen molar-refractivity contribution in [2.24, 2.45) is 5.11 Å². The van der Waals surface area contributed by atoms with E-state index in [4.69, 9.17) is 0 Å².